The molecule has 0 atom stereocenters. The summed E-state index contributed by atoms with van der Waals surface area (Å²) in [6.45, 7) is 8.40. The zero-order chi connectivity index (χ0) is 19.5. The Bertz CT molecular complexity index is 698. The number of hydrogen-bond donors (Lipinski definition) is 1. The van der Waals surface area contributed by atoms with Gasteiger partial charge in [-0.25, -0.2) is 4.79 Å². The SMILES string of the molecule is COc1ccc(C(=O)ON=C2CC(C)(C)NC(C)(C)C2)c(OC)c1OC.Cl. The second-order valence-corrected chi connectivity index (χ2v) is 7.66. The maximum absolute atomic E-state index is 12.5. The largest absolute Gasteiger partial charge is 0.493 e. The first-order valence-corrected chi connectivity index (χ1v) is 8.48. The first kappa shape index (κ1) is 23.0. The molecule has 1 aromatic rings. The molecular weight excluding hydrogens is 372 g/mol. The third-order valence-electron chi connectivity index (χ3n) is 4.15. The number of carbonyl (C=O) groups is 1. The van der Waals surface area contributed by atoms with Crippen molar-refractivity contribution < 1.29 is 23.8 Å². The molecule has 1 heterocycles. The van der Waals surface area contributed by atoms with Gasteiger partial charge in [-0.1, -0.05) is 5.16 Å². The smallest absolute Gasteiger partial charge is 0.369 e. The highest BCUT2D eigenvalue weighted by Crippen LogP contribution is 2.40. The Morgan fingerprint density at radius 1 is 0.963 bits per heavy atom. The molecule has 0 unspecified atom stereocenters. The summed E-state index contributed by atoms with van der Waals surface area (Å²) in [4.78, 5) is 17.8. The van der Waals surface area contributed by atoms with Gasteiger partial charge in [0.05, 0.1) is 27.0 Å². The van der Waals surface area contributed by atoms with E-state index in [0.717, 1.165) is 5.71 Å². The molecule has 0 saturated carbocycles. The molecule has 1 aromatic carbocycles. The highest BCUT2D eigenvalue weighted by Gasteiger charge is 2.36. The average Bonchev–Trinajstić information content (AvgIpc) is 2.55. The summed E-state index contributed by atoms with van der Waals surface area (Å²) in [6.07, 6.45) is 1.40. The first-order chi connectivity index (χ1) is 12.1. The maximum Gasteiger partial charge on any atom is 0.369 e. The molecule has 2 rings (SSSR count). The average molecular weight is 401 g/mol. The Kier molecular flexibility index (Phi) is 7.51. The summed E-state index contributed by atoms with van der Waals surface area (Å²) in [7, 11) is 4.45. The second-order valence-electron chi connectivity index (χ2n) is 7.66. The van der Waals surface area contributed by atoms with Crippen molar-refractivity contribution in [3.05, 3.63) is 17.7 Å². The van der Waals surface area contributed by atoms with Crippen LogP contribution in [0.4, 0.5) is 0 Å². The summed E-state index contributed by atoms with van der Waals surface area (Å²) < 4.78 is 15.8. The van der Waals surface area contributed by atoms with Gasteiger partial charge in [-0.2, -0.15) is 0 Å². The van der Waals surface area contributed by atoms with Gasteiger partial charge in [0.2, 0.25) is 5.75 Å². The van der Waals surface area contributed by atoms with Crippen molar-refractivity contribution in [3.63, 3.8) is 0 Å². The second kappa shape index (κ2) is 8.80. The molecule has 0 amide bonds. The van der Waals surface area contributed by atoms with Crippen molar-refractivity contribution in [2.24, 2.45) is 5.16 Å². The molecule has 0 aliphatic carbocycles. The number of halogens is 1. The van der Waals surface area contributed by atoms with E-state index >= 15 is 0 Å². The van der Waals surface area contributed by atoms with Gasteiger partial charge in [-0.3, -0.25) is 0 Å². The van der Waals surface area contributed by atoms with Crippen LogP contribution in [0.5, 0.6) is 17.2 Å². The number of ether oxygens (including phenoxy) is 3. The van der Waals surface area contributed by atoms with Gasteiger partial charge < -0.3 is 24.4 Å². The number of nitrogens with zero attached hydrogens (tertiary/aromatic N) is 1. The minimum Gasteiger partial charge on any atom is -0.493 e. The predicted molar refractivity (Wildman–Crippen MR) is 107 cm³/mol. The van der Waals surface area contributed by atoms with Crippen LogP contribution in [-0.4, -0.2) is 44.1 Å². The van der Waals surface area contributed by atoms with E-state index in [9.17, 15) is 4.79 Å². The number of benzene rings is 1. The molecule has 27 heavy (non-hydrogen) atoms. The summed E-state index contributed by atoms with van der Waals surface area (Å²) in [5.41, 5.74) is 0.829. The highest BCUT2D eigenvalue weighted by molar-refractivity contribution is 5.95. The van der Waals surface area contributed by atoms with Gasteiger partial charge in [0.15, 0.2) is 11.5 Å². The van der Waals surface area contributed by atoms with Crippen LogP contribution in [0.25, 0.3) is 0 Å². The van der Waals surface area contributed by atoms with Gasteiger partial charge in [-0.05, 0) is 39.8 Å². The lowest BCUT2D eigenvalue weighted by molar-refractivity contribution is 0.0505. The van der Waals surface area contributed by atoms with Crippen LogP contribution < -0.4 is 19.5 Å². The third kappa shape index (κ3) is 5.49. The molecule has 1 N–H and O–H groups in total. The molecule has 1 fully saturated rings. The van der Waals surface area contributed by atoms with Gasteiger partial charge >= 0.3 is 5.97 Å². The number of oxime groups is 1. The normalized spacial score (nSPS) is 17.4. The minimum atomic E-state index is -0.607. The molecular formula is C19H29ClN2O5. The van der Waals surface area contributed by atoms with E-state index in [1.807, 2.05) is 0 Å². The zero-order valence-electron chi connectivity index (χ0n) is 17.0. The van der Waals surface area contributed by atoms with Crippen LogP contribution in [0.3, 0.4) is 0 Å². The van der Waals surface area contributed by atoms with E-state index in [4.69, 9.17) is 19.0 Å². The number of methoxy groups -OCH3 is 3. The first-order valence-electron chi connectivity index (χ1n) is 8.48. The minimum absolute atomic E-state index is 0. The van der Waals surface area contributed by atoms with Crippen molar-refractivity contribution in [1.29, 1.82) is 0 Å². The van der Waals surface area contributed by atoms with Crippen molar-refractivity contribution in [2.75, 3.05) is 21.3 Å². The summed E-state index contributed by atoms with van der Waals surface area (Å²) >= 11 is 0. The van der Waals surface area contributed by atoms with Crippen molar-refractivity contribution in [3.8, 4) is 17.2 Å². The molecule has 0 bridgehead atoms. The van der Waals surface area contributed by atoms with E-state index in [1.165, 1.54) is 21.3 Å². The lowest BCUT2D eigenvalue weighted by Gasteiger charge is -2.42. The fraction of sp³-hybridized carbons (Fsp3) is 0.579. The summed E-state index contributed by atoms with van der Waals surface area (Å²) in [6, 6.07) is 3.20. The number of piperidine rings is 1. The Hall–Kier alpha value is -1.99. The fourth-order valence-electron chi connectivity index (χ4n) is 3.57. The Balaban J connectivity index is 0.00000364. The van der Waals surface area contributed by atoms with Crippen LogP contribution in [-0.2, 0) is 4.84 Å². The molecule has 1 aliphatic heterocycles. The van der Waals surface area contributed by atoms with Gasteiger partial charge in [-0.15, -0.1) is 12.4 Å². The topological polar surface area (TPSA) is 78.4 Å². The standard InChI is InChI=1S/C19H28N2O5.ClH/c1-18(2)10-12(11-19(3,4)21-18)20-26-17(22)13-8-9-14(23-5)16(25-7)15(13)24-6;/h8-9,21H,10-11H2,1-7H3;1H. The molecule has 8 heteroatoms. The predicted octanol–water partition coefficient (Wildman–Crippen LogP) is 3.59. The van der Waals surface area contributed by atoms with Crippen LogP contribution >= 0.6 is 12.4 Å². The lowest BCUT2D eigenvalue weighted by atomic mass is 9.81. The Morgan fingerprint density at radius 3 is 2.00 bits per heavy atom. The van der Waals surface area contributed by atoms with Gasteiger partial charge in [0, 0.05) is 23.9 Å². The molecule has 1 aliphatic rings. The Labute approximate surface area is 166 Å². The number of nitrogens with one attached hydrogen (secondary N) is 1. The Morgan fingerprint density at radius 2 is 1.52 bits per heavy atom. The third-order valence-corrected chi connectivity index (χ3v) is 4.15. The molecule has 7 nitrogen and oxygen atoms in total. The zero-order valence-corrected chi connectivity index (χ0v) is 17.8. The maximum atomic E-state index is 12.5. The van der Waals surface area contributed by atoms with Crippen LogP contribution in [0.1, 0.15) is 50.9 Å². The molecule has 0 spiro atoms. The lowest BCUT2D eigenvalue weighted by Crippen LogP contribution is -2.58. The molecule has 152 valence electrons. The summed E-state index contributed by atoms with van der Waals surface area (Å²) in [5, 5.41) is 7.68. The molecule has 1 saturated heterocycles. The van der Waals surface area contributed by atoms with E-state index < -0.39 is 5.97 Å². The van der Waals surface area contributed by atoms with E-state index in [-0.39, 0.29) is 34.8 Å². The van der Waals surface area contributed by atoms with E-state index in [2.05, 4.69) is 38.2 Å². The highest BCUT2D eigenvalue weighted by atomic mass is 35.5. The summed E-state index contributed by atoms with van der Waals surface area (Å²) in [5.74, 6) is 0.447. The van der Waals surface area contributed by atoms with Crippen LogP contribution in [0.2, 0.25) is 0 Å². The van der Waals surface area contributed by atoms with Gasteiger partial charge in [0.1, 0.15) is 5.56 Å². The number of rotatable bonds is 5. The van der Waals surface area contributed by atoms with E-state index in [0.29, 0.717) is 24.3 Å². The van der Waals surface area contributed by atoms with Crippen molar-refractivity contribution in [1.82, 2.24) is 5.32 Å². The fourth-order valence-corrected chi connectivity index (χ4v) is 3.57. The van der Waals surface area contributed by atoms with E-state index in [1.54, 1.807) is 12.1 Å². The van der Waals surface area contributed by atoms with Crippen LogP contribution in [0.15, 0.2) is 17.3 Å². The monoisotopic (exact) mass is 400 g/mol. The van der Waals surface area contributed by atoms with Crippen LogP contribution in [0, 0.1) is 0 Å². The molecule has 0 radical (unpaired) electrons. The van der Waals surface area contributed by atoms with Crippen molar-refractivity contribution in [2.45, 2.75) is 51.6 Å². The number of carbonyl (C=O) groups excluding carboxylic acids is 1. The number of hydrogen-bond acceptors (Lipinski definition) is 7. The quantitative estimate of drug-likeness (QED) is 0.601. The molecule has 0 aromatic heterocycles. The van der Waals surface area contributed by atoms with Crippen molar-refractivity contribution >= 4 is 24.1 Å². The van der Waals surface area contributed by atoms with Gasteiger partial charge in [0.25, 0.3) is 0 Å².